The van der Waals surface area contributed by atoms with Gasteiger partial charge in [-0.3, -0.25) is 0 Å². The fourth-order valence-electron chi connectivity index (χ4n) is 0.982. The van der Waals surface area contributed by atoms with Crippen LogP contribution in [0.1, 0.15) is 0 Å². The molecule has 0 heterocycles. The van der Waals surface area contributed by atoms with E-state index in [9.17, 15) is 0 Å². The third-order valence-corrected chi connectivity index (χ3v) is 3.33. The third-order valence-electron chi connectivity index (χ3n) is 1.68. The predicted molar refractivity (Wildman–Crippen MR) is 71.2 cm³/mol. The highest BCUT2D eigenvalue weighted by Crippen LogP contribution is 2.33. The standard InChI is InChI=1S/C10H10BrCl3O2/c11-7-5-9(14)10(6-8(7)13)16-4-3-15-2-1-12/h5-6H,1-4H2. The maximum absolute atomic E-state index is 5.97. The maximum atomic E-state index is 5.97. The first-order valence-electron chi connectivity index (χ1n) is 4.56. The number of rotatable bonds is 6. The molecule has 2 nitrogen and oxygen atoms in total. The van der Waals surface area contributed by atoms with Crippen LogP contribution in [0, 0.1) is 0 Å². The van der Waals surface area contributed by atoms with E-state index in [1.165, 1.54) is 0 Å². The van der Waals surface area contributed by atoms with Gasteiger partial charge in [-0.05, 0) is 22.0 Å². The Balaban J connectivity index is 2.45. The van der Waals surface area contributed by atoms with Crippen LogP contribution >= 0.6 is 50.7 Å². The van der Waals surface area contributed by atoms with E-state index in [2.05, 4.69) is 15.9 Å². The topological polar surface area (TPSA) is 18.5 Å². The molecule has 90 valence electrons. The highest BCUT2D eigenvalue weighted by atomic mass is 79.9. The van der Waals surface area contributed by atoms with Crippen LogP contribution in [0.4, 0.5) is 0 Å². The molecule has 1 aromatic rings. The Morgan fingerprint density at radius 3 is 2.50 bits per heavy atom. The van der Waals surface area contributed by atoms with Gasteiger partial charge in [-0.2, -0.15) is 0 Å². The zero-order valence-corrected chi connectivity index (χ0v) is 12.2. The molecule has 0 saturated carbocycles. The number of benzene rings is 1. The third kappa shape index (κ3) is 4.68. The summed E-state index contributed by atoms with van der Waals surface area (Å²) in [6.07, 6.45) is 0. The van der Waals surface area contributed by atoms with Crippen molar-refractivity contribution >= 4 is 50.7 Å². The largest absolute Gasteiger partial charge is 0.490 e. The first kappa shape index (κ1) is 14.4. The van der Waals surface area contributed by atoms with E-state index in [0.29, 0.717) is 41.5 Å². The van der Waals surface area contributed by atoms with Gasteiger partial charge in [0, 0.05) is 16.4 Å². The van der Waals surface area contributed by atoms with Crippen molar-refractivity contribution in [2.24, 2.45) is 0 Å². The molecule has 0 aromatic heterocycles. The number of hydrogen-bond donors (Lipinski definition) is 0. The van der Waals surface area contributed by atoms with E-state index >= 15 is 0 Å². The molecule has 0 fully saturated rings. The lowest BCUT2D eigenvalue weighted by atomic mass is 10.3. The van der Waals surface area contributed by atoms with E-state index in [4.69, 9.17) is 44.3 Å². The van der Waals surface area contributed by atoms with Crippen LogP contribution in [-0.4, -0.2) is 25.7 Å². The molecule has 1 rings (SSSR count). The molecule has 0 saturated heterocycles. The molecule has 0 spiro atoms. The summed E-state index contributed by atoms with van der Waals surface area (Å²) in [5.41, 5.74) is 0. The smallest absolute Gasteiger partial charge is 0.139 e. The Bertz CT molecular complexity index is 347. The van der Waals surface area contributed by atoms with Crippen molar-refractivity contribution < 1.29 is 9.47 Å². The van der Waals surface area contributed by atoms with Crippen LogP contribution in [-0.2, 0) is 4.74 Å². The molecule has 0 aliphatic heterocycles. The molecule has 0 N–H and O–H groups in total. The summed E-state index contributed by atoms with van der Waals surface area (Å²) in [6.45, 7) is 1.39. The second kappa shape index (κ2) is 7.62. The van der Waals surface area contributed by atoms with Gasteiger partial charge in [-0.1, -0.05) is 23.2 Å². The quantitative estimate of drug-likeness (QED) is 0.431. The zero-order chi connectivity index (χ0) is 12.0. The van der Waals surface area contributed by atoms with Crippen molar-refractivity contribution in [3.05, 3.63) is 26.7 Å². The van der Waals surface area contributed by atoms with Crippen LogP contribution in [0.25, 0.3) is 0 Å². The minimum atomic E-state index is 0.411. The van der Waals surface area contributed by atoms with Gasteiger partial charge in [0.1, 0.15) is 12.4 Å². The number of hydrogen-bond acceptors (Lipinski definition) is 2. The number of halogens is 4. The van der Waals surface area contributed by atoms with E-state index in [0.717, 1.165) is 4.47 Å². The Morgan fingerprint density at radius 1 is 1.06 bits per heavy atom. The molecule has 0 radical (unpaired) electrons. The first-order valence-corrected chi connectivity index (χ1v) is 6.64. The molecule has 6 heteroatoms. The van der Waals surface area contributed by atoms with Gasteiger partial charge in [0.05, 0.1) is 23.3 Å². The van der Waals surface area contributed by atoms with Crippen molar-refractivity contribution in [2.75, 3.05) is 25.7 Å². The number of ether oxygens (including phenoxy) is 2. The van der Waals surface area contributed by atoms with Crippen LogP contribution < -0.4 is 4.74 Å². The van der Waals surface area contributed by atoms with Gasteiger partial charge in [0.25, 0.3) is 0 Å². The van der Waals surface area contributed by atoms with Crippen LogP contribution in [0.15, 0.2) is 16.6 Å². The molecule has 0 atom stereocenters. The Labute approximate surface area is 118 Å². The van der Waals surface area contributed by atoms with Crippen molar-refractivity contribution in [2.45, 2.75) is 0 Å². The molecule has 0 bridgehead atoms. The Morgan fingerprint density at radius 2 is 1.81 bits per heavy atom. The summed E-state index contributed by atoms with van der Waals surface area (Å²) in [7, 11) is 0. The van der Waals surface area contributed by atoms with Gasteiger partial charge >= 0.3 is 0 Å². The zero-order valence-electron chi connectivity index (χ0n) is 8.31. The SMILES string of the molecule is ClCCOCCOc1cc(Cl)c(Br)cc1Cl. The Kier molecular flexibility index (Phi) is 6.85. The van der Waals surface area contributed by atoms with Crippen molar-refractivity contribution in [3.8, 4) is 5.75 Å². The highest BCUT2D eigenvalue weighted by molar-refractivity contribution is 9.10. The summed E-state index contributed by atoms with van der Waals surface area (Å²) >= 11 is 20.6. The minimum Gasteiger partial charge on any atom is -0.490 e. The minimum absolute atomic E-state index is 0.411. The molecule has 1 aromatic carbocycles. The highest BCUT2D eigenvalue weighted by Gasteiger charge is 2.06. The van der Waals surface area contributed by atoms with Crippen LogP contribution in [0.3, 0.4) is 0 Å². The summed E-state index contributed by atoms with van der Waals surface area (Å²) in [5.74, 6) is 1.02. The van der Waals surface area contributed by atoms with Crippen molar-refractivity contribution in [3.63, 3.8) is 0 Å². The van der Waals surface area contributed by atoms with E-state index in [1.807, 2.05) is 0 Å². The molecule has 16 heavy (non-hydrogen) atoms. The molecule has 0 unspecified atom stereocenters. The lowest BCUT2D eigenvalue weighted by Crippen LogP contribution is -2.08. The fourth-order valence-corrected chi connectivity index (χ4v) is 1.94. The van der Waals surface area contributed by atoms with Crippen LogP contribution in [0.5, 0.6) is 5.75 Å². The normalized spacial score (nSPS) is 10.5. The summed E-state index contributed by atoms with van der Waals surface area (Å²) in [6, 6.07) is 3.36. The van der Waals surface area contributed by atoms with Crippen molar-refractivity contribution in [1.29, 1.82) is 0 Å². The monoisotopic (exact) mass is 346 g/mol. The van der Waals surface area contributed by atoms with Gasteiger partial charge in [-0.25, -0.2) is 0 Å². The second-order valence-corrected chi connectivity index (χ2v) is 4.89. The molecular formula is C10H10BrCl3O2. The van der Waals surface area contributed by atoms with E-state index in [-0.39, 0.29) is 0 Å². The van der Waals surface area contributed by atoms with E-state index < -0.39 is 0 Å². The lowest BCUT2D eigenvalue weighted by molar-refractivity contribution is 0.111. The Hall–Kier alpha value is 0.330. The summed E-state index contributed by atoms with van der Waals surface area (Å²) in [5, 5.41) is 1.06. The molecular weight excluding hydrogens is 338 g/mol. The average molecular weight is 348 g/mol. The maximum Gasteiger partial charge on any atom is 0.139 e. The van der Waals surface area contributed by atoms with Gasteiger partial charge in [0.2, 0.25) is 0 Å². The van der Waals surface area contributed by atoms with Gasteiger partial charge in [0.15, 0.2) is 0 Å². The molecule has 0 aliphatic carbocycles. The second-order valence-electron chi connectivity index (χ2n) is 2.85. The van der Waals surface area contributed by atoms with Gasteiger partial charge in [-0.15, -0.1) is 11.6 Å². The fraction of sp³-hybridized carbons (Fsp3) is 0.400. The lowest BCUT2D eigenvalue weighted by Gasteiger charge is -2.09. The van der Waals surface area contributed by atoms with Gasteiger partial charge < -0.3 is 9.47 Å². The average Bonchev–Trinajstić information content (AvgIpc) is 2.25. The summed E-state index contributed by atoms with van der Waals surface area (Å²) in [4.78, 5) is 0. The van der Waals surface area contributed by atoms with E-state index in [1.54, 1.807) is 12.1 Å². The molecule has 0 amide bonds. The predicted octanol–water partition coefficient (Wildman–Crippen LogP) is 4.39. The molecule has 0 aliphatic rings. The number of alkyl halides is 1. The summed E-state index contributed by atoms with van der Waals surface area (Å²) < 4.78 is 11.3. The van der Waals surface area contributed by atoms with Crippen molar-refractivity contribution in [1.82, 2.24) is 0 Å². The van der Waals surface area contributed by atoms with Crippen LogP contribution in [0.2, 0.25) is 10.0 Å². The first-order chi connectivity index (χ1) is 7.65.